The number of ether oxygens (including phenoxy) is 2. The number of benzene rings is 2. The predicted molar refractivity (Wildman–Crippen MR) is 111 cm³/mol. The lowest BCUT2D eigenvalue weighted by Gasteiger charge is -2.29. The van der Waals surface area contributed by atoms with Gasteiger partial charge in [-0.05, 0) is 38.1 Å². The highest BCUT2D eigenvalue weighted by molar-refractivity contribution is 6.43. The molecule has 0 saturated heterocycles. The number of hydrogen-bond acceptors (Lipinski definition) is 5. The Morgan fingerprint density at radius 2 is 1.73 bits per heavy atom. The molecule has 0 spiro atoms. The molecule has 7 nitrogen and oxygen atoms in total. The van der Waals surface area contributed by atoms with Gasteiger partial charge in [-0.2, -0.15) is 5.10 Å². The molecule has 4 rings (SSSR count). The van der Waals surface area contributed by atoms with Crippen molar-refractivity contribution >= 4 is 11.7 Å². The Bertz CT molecular complexity index is 1090. The van der Waals surface area contributed by atoms with Crippen LogP contribution in [0, 0.1) is 13.8 Å². The normalized spacial score (nSPS) is 15.0. The summed E-state index contributed by atoms with van der Waals surface area (Å²) in [7, 11) is 1.59. The minimum Gasteiger partial charge on any atom is -0.486 e. The van der Waals surface area contributed by atoms with Gasteiger partial charge in [0.2, 0.25) is 0 Å². The van der Waals surface area contributed by atoms with E-state index in [1.54, 1.807) is 25.6 Å². The Morgan fingerprint density at radius 1 is 1.07 bits per heavy atom. The van der Waals surface area contributed by atoms with E-state index < -0.39 is 11.7 Å². The highest BCUT2D eigenvalue weighted by atomic mass is 16.6. The minimum absolute atomic E-state index is 0.240. The molecule has 2 aromatic carbocycles. The van der Waals surface area contributed by atoms with Crippen molar-refractivity contribution in [3.63, 3.8) is 0 Å². The number of carbonyl (C=O) groups is 2. The maximum Gasteiger partial charge on any atom is 0.294 e. The van der Waals surface area contributed by atoms with Gasteiger partial charge in [0, 0.05) is 7.05 Å². The lowest BCUT2D eigenvalue weighted by Crippen LogP contribution is -2.44. The van der Waals surface area contributed by atoms with E-state index in [9.17, 15) is 9.59 Å². The summed E-state index contributed by atoms with van der Waals surface area (Å²) in [6, 6.07) is 16.9. The number of para-hydroxylation sites is 3. The average Bonchev–Trinajstić information content (AvgIpc) is 3.07. The number of ketones is 1. The van der Waals surface area contributed by atoms with E-state index in [0.717, 1.165) is 5.69 Å². The number of hydrogen-bond donors (Lipinski definition) is 0. The molecule has 0 bridgehead atoms. The third-order valence-corrected chi connectivity index (χ3v) is 5.11. The zero-order chi connectivity index (χ0) is 21.3. The van der Waals surface area contributed by atoms with Gasteiger partial charge in [0.25, 0.3) is 11.7 Å². The topological polar surface area (TPSA) is 73.7 Å². The van der Waals surface area contributed by atoms with Gasteiger partial charge in [-0.15, -0.1) is 0 Å². The lowest BCUT2D eigenvalue weighted by atomic mass is 10.1. The summed E-state index contributed by atoms with van der Waals surface area (Å²) in [4.78, 5) is 27.2. The lowest BCUT2D eigenvalue weighted by molar-refractivity contribution is -0.126. The first kappa shape index (κ1) is 19.7. The standard InChI is InChI=1S/C23H23N3O4/c1-15-21(16(2)26(24-15)17-9-5-4-6-10-17)22(27)23(28)25(3)13-18-14-29-19-11-7-8-12-20(19)30-18/h4-12,18H,13-14H2,1-3H3. The molecule has 0 saturated carbocycles. The van der Waals surface area contributed by atoms with Crippen molar-refractivity contribution in [2.75, 3.05) is 20.2 Å². The molecule has 154 valence electrons. The predicted octanol–water partition coefficient (Wildman–Crippen LogP) is 2.97. The maximum absolute atomic E-state index is 13.0. The fourth-order valence-electron chi connectivity index (χ4n) is 3.61. The molecule has 0 radical (unpaired) electrons. The van der Waals surface area contributed by atoms with Gasteiger partial charge in [-0.1, -0.05) is 30.3 Å². The van der Waals surface area contributed by atoms with Gasteiger partial charge < -0.3 is 14.4 Å². The average molecular weight is 405 g/mol. The SMILES string of the molecule is Cc1nn(-c2ccccc2)c(C)c1C(=O)C(=O)N(C)CC1COc2ccccc2O1. The molecule has 1 aliphatic rings. The van der Waals surface area contributed by atoms with Gasteiger partial charge >= 0.3 is 0 Å². The number of carbonyl (C=O) groups excluding carboxylic acids is 2. The van der Waals surface area contributed by atoms with Crippen molar-refractivity contribution < 1.29 is 19.1 Å². The first-order chi connectivity index (χ1) is 14.5. The minimum atomic E-state index is -0.601. The summed E-state index contributed by atoms with van der Waals surface area (Å²) in [6.45, 7) is 4.08. The molecule has 1 amide bonds. The van der Waals surface area contributed by atoms with Gasteiger partial charge in [0.1, 0.15) is 6.61 Å². The Kier molecular flexibility index (Phi) is 5.27. The number of aromatic nitrogens is 2. The number of rotatable bonds is 5. The van der Waals surface area contributed by atoms with Crippen LogP contribution in [0.2, 0.25) is 0 Å². The van der Waals surface area contributed by atoms with Crippen molar-refractivity contribution in [1.82, 2.24) is 14.7 Å². The molecule has 30 heavy (non-hydrogen) atoms. The van der Waals surface area contributed by atoms with Crippen LogP contribution in [0.3, 0.4) is 0 Å². The number of nitrogens with zero attached hydrogens (tertiary/aromatic N) is 3. The van der Waals surface area contributed by atoms with Gasteiger partial charge in [-0.3, -0.25) is 9.59 Å². The van der Waals surface area contributed by atoms with Crippen LogP contribution < -0.4 is 9.47 Å². The maximum atomic E-state index is 13.0. The van der Waals surface area contributed by atoms with Crippen LogP contribution in [0.25, 0.3) is 5.69 Å². The number of Topliss-reactive ketones (excluding diaryl/α,β-unsaturated/α-hetero) is 1. The summed E-state index contributed by atoms with van der Waals surface area (Å²) in [5, 5.41) is 4.46. The van der Waals surface area contributed by atoms with E-state index in [4.69, 9.17) is 9.47 Å². The van der Waals surface area contributed by atoms with Gasteiger partial charge in [-0.25, -0.2) is 4.68 Å². The summed E-state index contributed by atoms with van der Waals surface area (Å²) in [5.41, 5.74) is 2.33. The first-order valence-electron chi connectivity index (χ1n) is 9.75. The summed E-state index contributed by atoms with van der Waals surface area (Å²) >= 11 is 0. The van der Waals surface area contributed by atoms with Gasteiger partial charge in [0.05, 0.1) is 29.2 Å². The Morgan fingerprint density at radius 3 is 2.47 bits per heavy atom. The molecular weight excluding hydrogens is 382 g/mol. The smallest absolute Gasteiger partial charge is 0.294 e. The van der Waals surface area contributed by atoms with Crippen LogP contribution in [-0.2, 0) is 4.79 Å². The molecular formula is C23H23N3O4. The quantitative estimate of drug-likeness (QED) is 0.482. The van der Waals surface area contributed by atoms with E-state index in [2.05, 4.69) is 5.10 Å². The Labute approximate surface area is 174 Å². The number of aryl methyl sites for hydroxylation is 1. The highest BCUT2D eigenvalue weighted by Gasteiger charge is 2.30. The molecule has 1 aromatic heterocycles. The highest BCUT2D eigenvalue weighted by Crippen LogP contribution is 2.31. The van der Waals surface area contributed by atoms with Crippen molar-refractivity contribution in [2.24, 2.45) is 0 Å². The third kappa shape index (κ3) is 3.66. The fourth-order valence-corrected chi connectivity index (χ4v) is 3.61. The molecule has 1 aliphatic heterocycles. The largest absolute Gasteiger partial charge is 0.486 e. The summed E-state index contributed by atoms with van der Waals surface area (Å²) < 4.78 is 13.3. The number of fused-ring (bicyclic) bond motifs is 1. The van der Waals surface area contributed by atoms with E-state index in [1.165, 1.54) is 4.90 Å². The molecule has 0 N–H and O–H groups in total. The summed E-state index contributed by atoms with van der Waals surface area (Å²) in [5.74, 6) is 0.137. The Hall–Kier alpha value is -3.61. The summed E-state index contributed by atoms with van der Waals surface area (Å²) in [6.07, 6.45) is -0.351. The van der Waals surface area contributed by atoms with Crippen LogP contribution in [0.5, 0.6) is 11.5 Å². The first-order valence-corrected chi connectivity index (χ1v) is 9.75. The van der Waals surface area contributed by atoms with Crippen LogP contribution >= 0.6 is 0 Å². The molecule has 3 aromatic rings. The van der Waals surface area contributed by atoms with Crippen molar-refractivity contribution in [2.45, 2.75) is 20.0 Å². The third-order valence-electron chi connectivity index (χ3n) is 5.11. The van der Waals surface area contributed by atoms with Crippen molar-refractivity contribution in [1.29, 1.82) is 0 Å². The second kappa shape index (κ2) is 8.02. The second-order valence-electron chi connectivity index (χ2n) is 7.31. The molecule has 1 atom stereocenters. The monoisotopic (exact) mass is 405 g/mol. The number of amides is 1. The van der Waals surface area contributed by atoms with E-state index in [-0.39, 0.29) is 12.6 Å². The zero-order valence-electron chi connectivity index (χ0n) is 17.2. The van der Waals surface area contributed by atoms with Crippen molar-refractivity contribution in [3.05, 3.63) is 71.5 Å². The molecule has 1 unspecified atom stereocenters. The van der Waals surface area contributed by atoms with Crippen LogP contribution in [-0.4, -0.2) is 52.7 Å². The molecule has 2 heterocycles. The van der Waals surface area contributed by atoms with Crippen molar-refractivity contribution in [3.8, 4) is 17.2 Å². The Balaban J connectivity index is 1.49. The number of likely N-dealkylation sites (N-methyl/N-ethyl adjacent to an activating group) is 1. The van der Waals surface area contributed by atoms with Crippen LogP contribution in [0.1, 0.15) is 21.7 Å². The van der Waals surface area contributed by atoms with Crippen LogP contribution in [0.15, 0.2) is 54.6 Å². The van der Waals surface area contributed by atoms with E-state index >= 15 is 0 Å². The zero-order valence-corrected chi connectivity index (χ0v) is 17.2. The van der Waals surface area contributed by atoms with E-state index in [1.807, 2.05) is 54.6 Å². The molecule has 7 heteroatoms. The van der Waals surface area contributed by atoms with E-state index in [0.29, 0.717) is 35.1 Å². The fraction of sp³-hybridized carbons (Fsp3) is 0.261. The van der Waals surface area contributed by atoms with Gasteiger partial charge in [0.15, 0.2) is 17.6 Å². The molecule has 0 aliphatic carbocycles. The second-order valence-corrected chi connectivity index (χ2v) is 7.31. The molecule has 0 fully saturated rings. The van der Waals surface area contributed by atoms with Crippen LogP contribution in [0.4, 0.5) is 0 Å².